The summed E-state index contributed by atoms with van der Waals surface area (Å²) in [5.41, 5.74) is 4.73. The van der Waals surface area contributed by atoms with Gasteiger partial charge in [-0.2, -0.15) is 0 Å². The fourth-order valence-corrected chi connectivity index (χ4v) is 3.19. The third-order valence-electron chi connectivity index (χ3n) is 4.70. The molecule has 2 aliphatic rings. The van der Waals surface area contributed by atoms with Crippen LogP contribution in [0.2, 0.25) is 0 Å². The van der Waals surface area contributed by atoms with Crippen LogP contribution in [-0.2, 0) is 9.47 Å². The third-order valence-corrected chi connectivity index (χ3v) is 4.70. The summed E-state index contributed by atoms with van der Waals surface area (Å²) in [5, 5.41) is 0. The molecule has 0 unspecified atom stereocenters. The van der Waals surface area contributed by atoms with E-state index in [9.17, 15) is 4.79 Å². The van der Waals surface area contributed by atoms with E-state index in [0.29, 0.717) is 45.1 Å². The minimum atomic E-state index is 0.0609. The van der Waals surface area contributed by atoms with Gasteiger partial charge >= 0.3 is 0 Å². The molecule has 1 aromatic carbocycles. The standard InChI is InChI=1S/C22H28N2O3/c1-17-14-20(22(25)24-10-12-26-13-11-24)8-9-21(17)23-18(2)15-27-16-19-6-4-3-5-7-19/h4,6-9,14H,3,5,10-13,15-16H2,1-2H3. The van der Waals surface area contributed by atoms with Crippen molar-refractivity contribution in [3.05, 3.63) is 53.1 Å². The van der Waals surface area contributed by atoms with Gasteiger partial charge in [0.05, 0.1) is 32.1 Å². The van der Waals surface area contributed by atoms with Crippen molar-refractivity contribution in [2.75, 3.05) is 39.5 Å². The van der Waals surface area contributed by atoms with Crippen LogP contribution < -0.4 is 0 Å². The van der Waals surface area contributed by atoms with Crippen LogP contribution in [0.1, 0.15) is 35.7 Å². The Morgan fingerprint density at radius 3 is 2.78 bits per heavy atom. The number of amides is 1. The average Bonchev–Trinajstić information content (AvgIpc) is 2.70. The van der Waals surface area contributed by atoms with E-state index in [1.54, 1.807) is 0 Å². The smallest absolute Gasteiger partial charge is 0.254 e. The maximum absolute atomic E-state index is 12.6. The van der Waals surface area contributed by atoms with Gasteiger partial charge in [0.15, 0.2) is 0 Å². The second kappa shape index (κ2) is 9.62. The summed E-state index contributed by atoms with van der Waals surface area (Å²) in [7, 11) is 0. The largest absolute Gasteiger partial charge is 0.378 e. The second-order valence-electron chi connectivity index (χ2n) is 7.00. The average molecular weight is 368 g/mol. The number of carbonyl (C=O) groups is 1. The Hall–Kier alpha value is -2.24. The zero-order chi connectivity index (χ0) is 19.1. The molecule has 1 aromatic rings. The van der Waals surface area contributed by atoms with Gasteiger partial charge in [0.1, 0.15) is 0 Å². The van der Waals surface area contributed by atoms with Gasteiger partial charge in [-0.25, -0.2) is 0 Å². The lowest BCUT2D eigenvalue weighted by Crippen LogP contribution is -2.40. The van der Waals surface area contributed by atoms with Crippen molar-refractivity contribution < 1.29 is 14.3 Å². The quantitative estimate of drug-likeness (QED) is 0.717. The van der Waals surface area contributed by atoms with Crippen molar-refractivity contribution in [1.82, 2.24) is 4.90 Å². The van der Waals surface area contributed by atoms with Crippen LogP contribution in [0.25, 0.3) is 0 Å². The number of hydrogen-bond acceptors (Lipinski definition) is 4. The van der Waals surface area contributed by atoms with Gasteiger partial charge in [0, 0.05) is 24.4 Å². The lowest BCUT2D eigenvalue weighted by Gasteiger charge is -2.27. The molecule has 5 nitrogen and oxygen atoms in total. The maximum atomic E-state index is 12.6. The third kappa shape index (κ3) is 5.62. The molecular formula is C22H28N2O3. The predicted molar refractivity (Wildman–Crippen MR) is 108 cm³/mol. The maximum Gasteiger partial charge on any atom is 0.254 e. The van der Waals surface area contributed by atoms with Gasteiger partial charge in [0.25, 0.3) is 5.91 Å². The lowest BCUT2D eigenvalue weighted by atomic mass is 10.1. The Bertz CT molecular complexity index is 759. The molecule has 27 heavy (non-hydrogen) atoms. The van der Waals surface area contributed by atoms with E-state index in [-0.39, 0.29) is 5.91 Å². The van der Waals surface area contributed by atoms with E-state index >= 15 is 0 Å². The van der Waals surface area contributed by atoms with Crippen LogP contribution in [0.15, 0.2) is 47.0 Å². The number of benzene rings is 1. The van der Waals surface area contributed by atoms with Gasteiger partial charge in [-0.05, 0) is 56.0 Å². The van der Waals surface area contributed by atoms with Crippen LogP contribution in [0.4, 0.5) is 5.69 Å². The Morgan fingerprint density at radius 2 is 2.07 bits per heavy atom. The molecule has 0 spiro atoms. The molecule has 0 aromatic heterocycles. The minimum Gasteiger partial charge on any atom is -0.378 e. The zero-order valence-corrected chi connectivity index (χ0v) is 16.2. The van der Waals surface area contributed by atoms with Crippen molar-refractivity contribution in [3.63, 3.8) is 0 Å². The highest BCUT2D eigenvalue weighted by Gasteiger charge is 2.18. The molecule has 1 aliphatic heterocycles. The molecule has 144 valence electrons. The molecule has 0 N–H and O–H groups in total. The molecule has 1 fully saturated rings. The van der Waals surface area contributed by atoms with E-state index in [1.807, 2.05) is 36.9 Å². The number of nitrogens with zero attached hydrogens (tertiary/aromatic N) is 2. The molecule has 1 saturated heterocycles. The summed E-state index contributed by atoms with van der Waals surface area (Å²) >= 11 is 0. The molecule has 5 heteroatoms. The van der Waals surface area contributed by atoms with E-state index in [0.717, 1.165) is 29.8 Å². The Balaban J connectivity index is 1.57. The van der Waals surface area contributed by atoms with E-state index in [1.165, 1.54) is 5.57 Å². The summed E-state index contributed by atoms with van der Waals surface area (Å²) in [5.74, 6) is 0.0609. The number of rotatable bonds is 6. The highest BCUT2D eigenvalue weighted by atomic mass is 16.5. The molecular weight excluding hydrogens is 340 g/mol. The SMILES string of the molecule is CC(COCC1=CCCC=C1)=Nc1ccc(C(=O)N2CCOCC2)cc1C. The highest BCUT2D eigenvalue weighted by molar-refractivity contribution is 5.95. The Morgan fingerprint density at radius 1 is 1.26 bits per heavy atom. The minimum absolute atomic E-state index is 0.0609. The van der Waals surface area contributed by atoms with Gasteiger partial charge in [-0.15, -0.1) is 0 Å². The van der Waals surface area contributed by atoms with Gasteiger partial charge in [-0.1, -0.05) is 18.2 Å². The summed E-state index contributed by atoms with van der Waals surface area (Å²) in [6.45, 7) is 7.60. The van der Waals surface area contributed by atoms with Crippen molar-refractivity contribution >= 4 is 17.3 Å². The number of carbonyl (C=O) groups excluding carboxylic acids is 1. The van der Waals surface area contributed by atoms with Crippen molar-refractivity contribution in [2.24, 2.45) is 4.99 Å². The number of hydrogen-bond donors (Lipinski definition) is 0. The fourth-order valence-electron chi connectivity index (χ4n) is 3.19. The number of morpholine rings is 1. The summed E-state index contributed by atoms with van der Waals surface area (Å²) in [6.07, 6.45) is 8.75. The van der Waals surface area contributed by atoms with Crippen molar-refractivity contribution in [2.45, 2.75) is 26.7 Å². The number of allylic oxidation sites excluding steroid dienone is 2. The van der Waals surface area contributed by atoms with E-state index in [4.69, 9.17) is 9.47 Å². The fraction of sp³-hybridized carbons (Fsp3) is 0.455. The topological polar surface area (TPSA) is 51.1 Å². The van der Waals surface area contributed by atoms with Crippen LogP contribution in [0.5, 0.6) is 0 Å². The molecule has 0 saturated carbocycles. The van der Waals surface area contributed by atoms with Crippen LogP contribution in [-0.4, -0.2) is 56.0 Å². The van der Waals surface area contributed by atoms with Crippen molar-refractivity contribution in [3.8, 4) is 0 Å². The number of aryl methyl sites for hydroxylation is 1. The molecule has 1 aliphatic carbocycles. The number of ether oxygens (including phenoxy) is 2. The van der Waals surface area contributed by atoms with Crippen LogP contribution in [0.3, 0.4) is 0 Å². The lowest BCUT2D eigenvalue weighted by molar-refractivity contribution is 0.0303. The first-order chi connectivity index (χ1) is 13.1. The highest BCUT2D eigenvalue weighted by Crippen LogP contribution is 2.21. The first kappa shape index (κ1) is 19.5. The van der Waals surface area contributed by atoms with Gasteiger partial charge in [0.2, 0.25) is 0 Å². The number of aliphatic imine (C=N–C) groups is 1. The van der Waals surface area contributed by atoms with Crippen LogP contribution in [0, 0.1) is 6.92 Å². The first-order valence-electron chi connectivity index (χ1n) is 9.58. The molecule has 3 rings (SSSR count). The summed E-state index contributed by atoms with van der Waals surface area (Å²) in [6, 6.07) is 5.69. The van der Waals surface area contributed by atoms with E-state index in [2.05, 4.69) is 23.2 Å². The summed E-state index contributed by atoms with van der Waals surface area (Å²) < 4.78 is 11.1. The summed E-state index contributed by atoms with van der Waals surface area (Å²) in [4.78, 5) is 19.1. The normalized spacial score (nSPS) is 17.8. The van der Waals surface area contributed by atoms with Crippen molar-refractivity contribution in [1.29, 1.82) is 0 Å². The van der Waals surface area contributed by atoms with E-state index < -0.39 is 0 Å². The zero-order valence-electron chi connectivity index (χ0n) is 16.2. The first-order valence-corrected chi connectivity index (χ1v) is 9.58. The predicted octanol–water partition coefficient (Wildman–Crippen LogP) is 3.85. The van der Waals surface area contributed by atoms with Crippen LogP contribution >= 0.6 is 0 Å². The molecule has 1 heterocycles. The monoisotopic (exact) mass is 368 g/mol. The molecule has 0 bridgehead atoms. The van der Waals surface area contributed by atoms with Gasteiger partial charge in [-0.3, -0.25) is 9.79 Å². The second-order valence-corrected chi connectivity index (χ2v) is 7.00. The Kier molecular flexibility index (Phi) is 6.96. The molecule has 1 amide bonds. The Labute approximate surface area is 161 Å². The van der Waals surface area contributed by atoms with Gasteiger partial charge < -0.3 is 14.4 Å². The molecule has 0 atom stereocenters. The molecule has 0 radical (unpaired) electrons.